The maximum Gasteiger partial charge on any atom is 0.419 e. The van der Waals surface area contributed by atoms with Crippen LogP contribution in [0.4, 0.5) is 17.6 Å². The van der Waals surface area contributed by atoms with Gasteiger partial charge >= 0.3 is 12.1 Å². The summed E-state index contributed by atoms with van der Waals surface area (Å²) in [5.74, 6) is -0.582. The lowest BCUT2D eigenvalue weighted by atomic mass is 9.83. The molecule has 1 aromatic rings. The summed E-state index contributed by atoms with van der Waals surface area (Å²) in [5.41, 5.74) is -1.44. The summed E-state index contributed by atoms with van der Waals surface area (Å²) in [5, 5.41) is 0. The largest absolute Gasteiger partial charge is 0.462 e. The van der Waals surface area contributed by atoms with E-state index in [0.717, 1.165) is 38.5 Å². The molecule has 0 aromatic heterocycles. The number of hydrogen-bond acceptors (Lipinski definition) is 3. The molecule has 0 spiro atoms. The molecule has 4 rings (SSSR count). The Balaban J connectivity index is 1.34. The molecular weight excluding hydrogens is 424 g/mol. The molecule has 0 bridgehead atoms. The second kappa shape index (κ2) is 9.54. The normalized spacial score (nSPS) is 31.0. The highest BCUT2D eigenvalue weighted by Gasteiger charge is 2.40. The third kappa shape index (κ3) is 5.53. The van der Waals surface area contributed by atoms with Crippen molar-refractivity contribution in [3.8, 4) is 0 Å². The van der Waals surface area contributed by atoms with Crippen LogP contribution in [0.2, 0.25) is 0 Å². The molecule has 7 heteroatoms. The van der Waals surface area contributed by atoms with Crippen molar-refractivity contribution >= 4 is 12.0 Å². The van der Waals surface area contributed by atoms with Crippen molar-refractivity contribution in [1.82, 2.24) is 0 Å². The van der Waals surface area contributed by atoms with Gasteiger partial charge in [0.25, 0.3) is 0 Å². The summed E-state index contributed by atoms with van der Waals surface area (Å²) in [6, 6.07) is 2.70. The van der Waals surface area contributed by atoms with E-state index in [1.165, 1.54) is 18.2 Å². The predicted octanol–water partition coefficient (Wildman–Crippen LogP) is 6.86. The van der Waals surface area contributed by atoms with E-state index >= 15 is 0 Å². The Labute approximate surface area is 186 Å². The van der Waals surface area contributed by atoms with E-state index in [2.05, 4.69) is 6.92 Å². The number of halogens is 4. The molecule has 2 aliphatic carbocycles. The number of carbonyl (C=O) groups is 1. The van der Waals surface area contributed by atoms with Crippen molar-refractivity contribution in [2.75, 3.05) is 6.61 Å². The van der Waals surface area contributed by atoms with Crippen LogP contribution < -0.4 is 0 Å². The van der Waals surface area contributed by atoms with Crippen LogP contribution in [0.15, 0.2) is 18.2 Å². The van der Waals surface area contributed by atoms with Crippen LogP contribution in [0.3, 0.4) is 0 Å². The molecule has 176 valence electrons. The molecular formula is C25H30F4O3. The third-order valence-corrected chi connectivity index (χ3v) is 7.07. The van der Waals surface area contributed by atoms with Gasteiger partial charge in [-0.05, 0) is 68.8 Å². The molecule has 1 aliphatic heterocycles. The molecule has 3 nitrogen and oxygen atoms in total. The summed E-state index contributed by atoms with van der Waals surface area (Å²) in [6.45, 7) is 2.45. The lowest BCUT2D eigenvalue weighted by Crippen LogP contribution is -2.29. The number of hydrogen-bond donors (Lipinski definition) is 0. The Morgan fingerprint density at radius 3 is 2.31 bits per heavy atom. The molecule has 0 N–H and O–H groups in total. The molecule has 1 saturated heterocycles. The van der Waals surface area contributed by atoms with E-state index in [1.54, 1.807) is 6.08 Å². The number of carbonyl (C=O) groups excluding carboxylic acids is 1. The topological polar surface area (TPSA) is 38.8 Å². The Morgan fingerprint density at radius 1 is 1.06 bits per heavy atom. The fourth-order valence-corrected chi connectivity index (χ4v) is 4.91. The summed E-state index contributed by atoms with van der Waals surface area (Å²) in [4.78, 5) is 12.4. The number of esters is 1. The van der Waals surface area contributed by atoms with Gasteiger partial charge in [0, 0.05) is 5.56 Å². The summed E-state index contributed by atoms with van der Waals surface area (Å²) < 4.78 is 65.8. The zero-order valence-electron chi connectivity index (χ0n) is 18.3. The molecule has 3 fully saturated rings. The maximum atomic E-state index is 14.6. The van der Waals surface area contributed by atoms with Gasteiger partial charge in [0.2, 0.25) is 0 Å². The van der Waals surface area contributed by atoms with Crippen LogP contribution in [-0.2, 0) is 20.4 Å². The highest BCUT2D eigenvalue weighted by Crippen LogP contribution is 2.41. The van der Waals surface area contributed by atoms with Crippen LogP contribution in [0.25, 0.3) is 6.08 Å². The first-order valence-corrected chi connectivity index (χ1v) is 11.6. The monoisotopic (exact) mass is 454 g/mol. The van der Waals surface area contributed by atoms with E-state index in [1.807, 2.05) is 0 Å². The lowest BCUT2D eigenvalue weighted by molar-refractivity contribution is -0.157. The third-order valence-electron chi connectivity index (χ3n) is 7.07. The summed E-state index contributed by atoms with van der Waals surface area (Å²) in [7, 11) is 0. The number of benzene rings is 1. The average molecular weight is 455 g/mol. The molecule has 1 heterocycles. The van der Waals surface area contributed by atoms with E-state index in [4.69, 9.17) is 9.47 Å². The number of allylic oxidation sites excluding steroid dienone is 1. The van der Waals surface area contributed by atoms with Crippen LogP contribution in [0.5, 0.6) is 0 Å². The Hall–Kier alpha value is -1.89. The van der Waals surface area contributed by atoms with Crippen molar-refractivity contribution in [1.29, 1.82) is 0 Å². The van der Waals surface area contributed by atoms with Crippen molar-refractivity contribution in [2.24, 2.45) is 17.8 Å². The molecule has 2 saturated carbocycles. The first-order chi connectivity index (χ1) is 15.2. The Morgan fingerprint density at radius 2 is 1.72 bits per heavy atom. The fourth-order valence-electron chi connectivity index (χ4n) is 4.91. The van der Waals surface area contributed by atoms with Crippen molar-refractivity contribution < 1.29 is 31.8 Å². The second-order valence-corrected chi connectivity index (χ2v) is 9.54. The first-order valence-electron chi connectivity index (χ1n) is 11.6. The maximum absolute atomic E-state index is 14.6. The van der Waals surface area contributed by atoms with Gasteiger partial charge in [0.1, 0.15) is 18.0 Å². The van der Waals surface area contributed by atoms with Gasteiger partial charge in [0.05, 0.1) is 18.1 Å². The zero-order valence-corrected chi connectivity index (χ0v) is 18.3. The van der Waals surface area contributed by atoms with Crippen LogP contribution in [-0.4, -0.2) is 18.7 Å². The van der Waals surface area contributed by atoms with Gasteiger partial charge in [-0.2, -0.15) is 13.2 Å². The molecule has 1 aromatic carbocycles. The van der Waals surface area contributed by atoms with Crippen molar-refractivity contribution in [3.05, 3.63) is 40.7 Å². The molecule has 0 radical (unpaired) electrons. The average Bonchev–Trinajstić information content (AvgIpc) is 3.58. The van der Waals surface area contributed by atoms with E-state index in [0.29, 0.717) is 18.8 Å². The molecule has 1 atom stereocenters. The smallest absolute Gasteiger partial charge is 0.419 e. The van der Waals surface area contributed by atoms with Gasteiger partial charge in [-0.3, -0.25) is 4.79 Å². The highest BCUT2D eigenvalue weighted by atomic mass is 19.4. The molecule has 0 amide bonds. The summed E-state index contributed by atoms with van der Waals surface area (Å²) in [6.07, 6.45) is 4.39. The molecule has 1 unspecified atom stereocenters. The minimum absolute atomic E-state index is 0.00326. The standard InChI is InChI=1S/C25H30F4O3/c1-15-2-7-18(8-3-15)24(30)32-19-11-5-16(6-12-19)4-9-17-10-13-20(21-14-31-21)23(26)22(17)25(27,28)29/h4,9-10,13,15-16,18-19,21H,2-3,5-8,11-12,14H2,1H3/b9-4+. The van der Waals surface area contributed by atoms with Gasteiger partial charge in [0.15, 0.2) is 0 Å². The highest BCUT2D eigenvalue weighted by molar-refractivity contribution is 5.72. The number of ether oxygens (including phenoxy) is 2. The Bertz CT molecular complexity index is 843. The van der Waals surface area contributed by atoms with E-state index in [-0.39, 0.29) is 41.6 Å². The van der Waals surface area contributed by atoms with Gasteiger partial charge in [-0.15, -0.1) is 0 Å². The van der Waals surface area contributed by atoms with E-state index < -0.39 is 23.7 Å². The van der Waals surface area contributed by atoms with Gasteiger partial charge in [-0.25, -0.2) is 4.39 Å². The SMILES string of the molecule is CC1CCC(C(=O)OC2CCC(/C=C/c3ccc(C4CO4)c(F)c3C(F)(F)F)CC2)CC1. The number of epoxide rings is 1. The Kier molecular flexibility index (Phi) is 6.94. The first kappa shape index (κ1) is 23.3. The lowest BCUT2D eigenvalue weighted by Gasteiger charge is -2.30. The quantitative estimate of drug-likeness (QED) is 0.277. The van der Waals surface area contributed by atoms with Crippen molar-refractivity contribution in [3.63, 3.8) is 0 Å². The van der Waals surface area contributed by atoms with Gasteiger partial charge < -0.3 is 9.47 Å². The second-order valence-electron chi connectivity index (χ2n) is 9.54. The van der Waals surface area contributed by atoms with E-state index in [9.17, 15) is 22.4 Å². The molecule has 3 aliphatic rings. The number of rotatable bonds is 5. The predicted molar refractivity (Wildman–Crippen MR) is 112 cm³/mol. The fraction of sp³-hybridized carbons (Fsp3) is 0.640. The number of alkyl halides is 3. The minimum Gasteiger partial charge on any atom is -0.462 e. The van der Waals surface area contributed by atoms with Crippen LogP contribution in [0, 0.1) is 23.6 Å². The summed E-state index contributed by atoms with van der Waals surface area (Å²) >= 11 is 0. The van der Waals surface area contributed by atoms with Crippen molar-refractivity contribution in [2.45, 2.75) is 76.7 Å². The van der Waals surface area contributed by atoms with Crippen LogP contribution >= 0.6 is 0 Å². The minimum atomic E-state index is -4.78. The van der Waals surface area contributed by atoms with Gasteiger partial charge in [-0.1, -0.05) is 31.2 Å². The molecule has 32 heavy (non-hydrogen) atoms. The van der Waals surface area contributed by atoms with Crippen LogP contribution in [0.1, 0.15) is 81.1 Å². The zero-order chi connectivity index (χ0) is 22.9.